The summed E-state index contributed by atoms with van der Waals surface area (Å²) in [5, 5.41) is 9.38. The van der Waals surface area contributed by atoms with Crippen molar-refractivity contribution in [3.8, 4) is 0 Å². The van der Waals surface area contributed by atoms with E-state index in [9.17, 15) is 9.67 Å². The van der Waals surface area contributed by atoms with Crippen LogP contribution in [0.5, 0.6) is 0 Å². The number of hydrogen-bond donors (Lipinski definition) is 2. The summed E-state index contributed by atoms with van der Waals surface area (Å²) in [7, 11) is -3.12. The SMILES string of the molecule is C/C=C/OCC(O)COP(C)(=O)OCCN. The molecule has 0 spiro atoms. The number of aliphatic hydroxyl groups excluding tert-OH is 1. The van der Waals surface area contributed by atoms with Gasteiger partial charge in [-0.25, -0.2) is 0 Å². The van der Waals surface area contributed by atoms with Gasteiger partial charge >= 0.3 is 7.60 Å². The highest BCUT2D eigenvalue weighted by molar-refractivity contribution is 7.52. The number of nitrogens with two attached hydrogens (primary N) is 1. The molecule has 0 aromatic heterocycles. The van der Waals surface area contributed by atoms with E-state index in [-0.39, 0.29) is 26.4 Å². The van der Waals surface area contributed by atoms with Gasteiger partial charge in [0.1, 0.15) is 12.7 Å². The van der Waals surface area contributed by atoms with Crippen LogP contribution >= 0.6 is 7.60 Å². The fourth-order valence-corrected chi connectivity index (χ4v) is 1.74. The largest absolute Gasteiger partial charge is 0.499 e. The quantitative estimate of drug-likeness (QED) is 0.464. The van der Waals surface area contributed by atoms with E-state index in [0.717, 1.165) is 0 Å². The molecule has 0 saturated carbocycles. The van der Waals surface area contributed by atoms with Gasteiger partial charge in [0.15, 0.2) is 0 Å². The van der Waals surface area contributed by atoms with E-state index < -0.39 is 13.7 Å². The average molecular weight is 253 g/mol. The predicted octanol–water partition coefficient (Wildman–Crippen LogP) is 0.712. The third kappa shape index (κ3) is 8.88. The van der Waals surface area contributed by atoms with Crippen molar-refractivity contribution in [2.45, 2.75) is 13.0 Å². The van der Waals surface area contributed by atoms with E-state index >= 15 is 0 Å². The van der Waals surface area contributed by atoms with Gasteiger partial charge in [-0.3, -0.25) is 4.57 Å². The molecule has 0 aliphatic rings. The molecule has 0 aromatic carbocycles. The first kappa shape index (κ1) is 15.6. The Labute approximate surface area is 95.9 Å². The van der Waals surface area contributed by atoms with Gasteiger partial charge in [-0.1, -0.05) is 6.08 Å². The molecule has 2 atom stereocenters. The zero-order chi connectivity index (χ0) is 12.4. The summed E-state index contributed by atoms with van der Waals surface area (Å²) >= 11 is 0. The van der Waals surface area contributed by atoms with Gasteiger partial charge in [-0.05, 0) is 6.92 Å². The third-order valence-electron chi connectivity index (χ3n) is 1.47. The zero-order valence-electron chi connectivity index (χ0n) is 9.67. The molecule has 0 aliphatic carbocycles. The van der Waals surface area contributed by atoms with E-state index in [1.807, 2.05) is 0 Å². The van der Waals surface area contributed by atoms with Gasteiger partial charge < -0.3 is 24.6 Å². The lowest BCUT2D eigenvalue weighted by Gasteiger charge is -2.16. The lowest BCUT2D eigenvalue weighted by molar-refractivity contribution is 0.0407. The fraction of sp³-hybridized carbons (Fsp3) is 0.778. The zero-order valence-corrected chi connectivity index (χ0v) is 10.6. The van der Waals surface area contributed by atoms with Crippen molar-refractivity contribution in [1.82, 2.24) is 0 Å². The second-order valence-corrected chi connectivity index (χ2v) is 5.20. The molecule has 0 saturated heterocycles. The van der Waals surface area contributed by atoms with E-state index in [1.54, 1.807) is 13.0 Å². The molecule has 6 nitrogen and oxygen atoms in total. The van der Waals surface area contributed by atoms with Gasteiger partial charge in [0.05, 0.1) is 19.5 Å². The Morgan fingerprint density at radius 2 is 2.12 bits per heavy atom. The van der Waals surface area contributed by atoms with Crippen molar-refractivity contribution >= 4 is 7.60 Å². The highest BCUT2D eigenvalue weighted by Crippen LogP contribution is 2.43. The fourth-order valence-electron chi connectivity index (χ4n) is 0.788. The minimum atomic E-state index is -3.12. The molecule has 0 aliphatic heterocycles. The van der Waals surface area contributed by atoms with Crippen LogP contribution in [0.4, 0.5) is 0 Å². The molecule has 96 valence electrons. The average Bonchev–Trinajstić information content (AvgIpc) is 2.24. The van der Waals surface area contributed by atoms with Crippen LogP contribution in [0.1, 0.15) is 6.92 Å². The molecule has 0 heterocycles. The monoisotopic (exact) mass is 253 g/mol. The second kappa shape index (κ2) is 8.73. The molecule has 0 rings (SSSR count). The van der Waals surface area contributed by atoms with Crippen molar-refractivity contribution < 1.29 is 23.5 Å². The molecule has 7 heteroatoms. The Kier molecular flexibility index (Phi) is 8.51. The van der Waals surface area contributed by atoms with Gasteiger partial charge in [-0.15, -0.1) is 0 Å². The minimum Gasteiger partial charge on any atom is -0.499 e. The predicted molar refractivity (Wildman–Crippen MR) is 61.3 cm³/mol. The van der Waals surface area contributed by atoms with Crippen LogP contribution in [0.15, 0.2) is 12.3 Å². The Bertz CT molecular complexity index is 246. The van der Waals surface area contributed by atoms with Crippen LogP contribution in [-0.4, -0.2) is 44.2 Å². The smallest absolute Gasteiger partial charge is 0.327 e. The molecule has 0 bridgehead atoms. The Morgan fingerprint density at radius 3 is 2.69 bits per heavy atom. The van der Waals surface area contributed by atoms with Crippen molar-refractivity contribution in [2.24, 2.45) is 5.73 Å². The Hall–Kier alpha value is -0.390. The number of rotatable bonds is 9. The normalized spacial score (nSPS) is 17.2. The van der Waals surface area contributed by atoms with Crippen LogP contribution in [0.2, 0.25) is 0 Å². The first-order chi connectivity index (χ1) is 7.52. The summed E-state index contributed by atoms with van der Waals surface area (Å²) in [6, 6.07) is 0. The number of allylic oxidation sites excluding steroid dienone is 1. The van der Waals surface area contributed by atoms with Crippen molar-refractivity contribution in [3.63, 3.8) is 0 Å². The van der Waals surface area contributed by atoms with E-state index in [0.29, 0.717) is 0 Å². The summed E-state index contributed by atoms with van der Waals surface area (Å²) in [5.74, 6) is 0. The summed E-state index contributed by atoms with van der Waals surface area (Å²) < 4.78 is 26.3. The van der Waals surface area contributed by atoms with Gasteiger partial charge in [-0.2, -0.15) is 0 Å². The topological polar surface area (TPSA) is 91.0 Å². The Balaban J connectivity index is 3.72. The summed E-state index contributed by atoms with van der Waals surface area (Å²) in [5.41, 5.74) is 5.19. The van der Waals surface area contributed by atoms with Gasteiger partial charge in [0.2, 0.25) is 0 Å². The van der Waals surface area contributed by atoms with Crippen LogP contribution in [-0.2, 0) is 18.3 Å². The molecular formula is C9H20NO5P. The maximum Gasteiger partial charge on any atom is 0.327 e. The maximum absolute atomic E-state index is 11.5. The molecule has 0 fully saturated rings. The minimum absolute atomic E-state index is 0.0846. The van der Waals surface area contributed by atoms with Crippen LogP contribution in [0.3, 0.4) is 0 Å². The molecule has 0 aromatic rings. The Morgan fingerprint density at radius 1 is 1.44 bits per heavy atom. The van der Waals surface area contributed by atoms with Crippen LogP contribution in [0, 0.1) is 0 Å². The first-order valence-electron chi connectivity index (χ1n) is 4.99. The maximum atomic E-state index is 11.5. The van der Waals surface area contributed by atoms with Crippen molar-refractivity contribution in [2.75, 3.05) is 33.0 Å². The molecule has 2 unspecified atom stereocenters. The number of aliphatic hydroxyl groups is 1. The van der Waals surface area contributed by atoms with E-state index in [2.05, 4.69) is 0 Å². The molecule has 0 radical (unpaired) electrons. The van der Waals surface area contributed by atoms with Gasteiger partial charge in [0.25, 0.3) is 0 Å². The van der Waals surface area contributed by atoms with Crippen LogP contribution in [0.25, 0.3) is 0 Å². The second-order valence-electron chi connectivity index (χ2n) is 3.15. The summed E-state index contributed by atoms with van der Waals surface area (Å²) in [6.07, 6.45) is 2.31. The van der Waals surface area contributed by atoms with E-state index in [4.69, 9.17) is 19.5 Å². The number of hydrogen-bond acceptors (Lipinski definition) is 6. The molecule has 0 amide bonds. The van der Waals surface area contributed by atoms with Gasteiger partial charge in [0, 0.05) is 13.2 Å². The molecule has 3 N–H and O–H groups in total. The number of ether oxygens (including phenoxy) is 1. The summed E-state index contributed by atoms with van der Waals surface area (Å²) in [6.45, 7) is 3.55. The molecular weight excluding hydrogens is 233 g/mol. The van der Waals surface area contributed by atoms with Crippen molar-refractivity contribution in [1.29, 1.82) is 0 Å². The van der Waals surface area contributed by atoms with Crippen molar-refractivity contribution in [3.05, 3.63) is 12.3 Å². The van der Waals surface area contributed by atoms with E-state index in [1.165, 1.54) is 12.9 Å². The molecule has 16 heavy (non-hydrogen) atoms. The third-order valence-corrected chi connectivity index (χ3v) is 2.74. The first-order valence-corrected chi connectivity index (χ1v) is 6.98. The standard InChI is InChI=1S/C9H20NO5P/c1-3-5-13-7-9(11)8-15-16(2,12)14-6-4-10/h3,5,9,11H,4,6-8,10H2,1-2H3/b5-3+. The van der Waals surface area contributed by atoms with Crippen LogP contribution < -0.4 is 5.73 Å². The highest BCUT2D eigenvalue weighted by atomic mass is 31.2. The lowest BCUT2D eigenvalue weighted by Crippen LogP contribution is -2.20. The lowest BCUT2D eigenvalue weighted by atomic mass is 10.4. The highest BCUT2D eigenvalue weighted by Gasteiger charge is 2.18. The summed E-state index contributed by atoms with van der Waals surface area (Å²) in [4.78, 5) is 0.